The molecule has 1 aliphatic heterocycles. The van der Waals surface area contributed by atoms with Crippen molar-refractivity contribution in [2.75, 3.05) is 31.6 Å². The molecule has 0 atom stereocenters. The number of unbranched alkanes of at least 4 members (excludes halogenated alkanes) is 1. The molecule has 1 amide bonds. The molecular weight excluding hydrogens is 240 g/mol. The van der Waals surface area contributed by atoms with Gasteiger partial charge in [-0.3, -0.25) is 4.79 Å². The summed E-state index contributed by atoms with van der Waals surface area (Å²) in [4.78, 5) is 14.2. The van der Waals surface area contributed by atoms with Gasteiger partial charge in [-0.15, -0.1) is 0 Å². The number of carbonyl (C=O) groups is 1. The van der Waals surface area contributed by atoms with Gasteiger partial charge in [-0.25, -0.2) is 0 Å². The third-order valence-electron chi connectivity index (χ3n) is 3.50. The van der Waals surface area contributed by atoms with Gasteiger partial charge < -0.3 is 15.3 Å². The van der Waals surface area contributed by atoms with Crippen molar-refractivity contribution in [3.8, 4) is 0 Å². The number of nitrogens with zero attached hydrogens (tertiary/aromatic N) is 1. The highest BCUT2D eigenvalue weighted by atomic mass is 16.3. The van der Waals surface area contributed by atoms with Gasteiger partial charge >= 0.3 is 0 Å². The predicted molar refractivity (Wildman–Crippen MR) is 76.5 cm³/mol. The number of aliphatic hydroxyl groups excluding tert-OH is 1. The molecule has 2 rings (SSSR count). The summed E-state index contributed by atoms with van der Waals surface area (Å²) in [5.74, 6) is 0.0252. The van der Waals surface area contributed by atoms with E-state index < -0.39 is 0 Å². The molecule has 0 saturated carbocycles. The summed E-state index contributed by atoms with van der Waals surface area (Å²) < 4.78 is 0. The van der Waals surface area contributed by atoms with Crippen LogP contribution in [-0.2, 0) is 6.42 Å². The molecule has 1 aromatic rings. The van der Waals surface area contributed by atoms with Crippen molar-refractivity contribution in [3.05, 3.63) is 29.3 Å². The van der Waals surface area contributed by atoms with Crippen LogP contribution in [0, 0.1) is 0 Å². The number of amides is 1. The molecule has 0 saturated heterocycles. The lowest BCUT2D eigenvalue weighted by atomic mass is 10.1. The lowest BCUT2D eigenvalue weighted by Crippen LogP contribution is -2.34. The fourth-order valence-electron chi connectivity index (χ4n) is 2.41. The molecule has 0 radical (unpaired) electrons. The van der Waals surface area contributed by atoms with Gasteiger partial charge in [-0.1, -0.05) is 13.3 Å². The Morgan fingerprint density at radius 1 is 1.42 bits per heavy atom. The van der Waals surface area contributed by atoms with Crippen LogP contribution >= 0.6 is 0 Å². The zero-order chi connectivity index (χ0) is 13.7. The van der Waals surface area contributed by atoms with Crippen molar-refractivity contribution in [2.45, 2.75) is 26.2 Å². The zero-order valence-corrected chi connectivity index (χ0v) is 11.5. The number of hydrogen-bond donors (Lipinski definition) is 2. The monoisotopic (exact) mass is 262 g/mol. The van der Waals surface area contributed by atoms with Crippen LogP contribution in [0.2, 0.25) is 0 Å². The van der Waals surface area contributed by atoms with Gasteiger partial charge in [0.25, 0.3) is 5.91 Å². The summed E-state index contributed by atoms with van der Waals surface area (Å²) in [6, 6.07) is 5.83. The maximum absolute atomic E-state index is 12.4. The van der Waals surface area contributed by atoms with E-state index >= 15 is 0 Å². The van der Waals surface area contributed by atoms with Gasteiger partial charge in [0, 0.05) is 30.9 Å². The van der Waals surface area contributed by atoms with Crippen LogP contribution in [0.5, 0.6) is 0 Å². The number of rotatable bonds is 6. The second-order valence-corrected chi connectivity index (χ2v) is 4.92. The highest BCUT2D eigenvalue weighted by molar-refractivity contribution is 5.95. The molecule has 1 aliphatic rings. The number of benzene rings is 1. The first kappa shape index (κ1) is 13.9. The molecule has 0 aliphatic carbocycles. The van der Waals surface area contributed by atoms with E-state index in [1.807, 2.05) is 18.2 Å². The molecule has 4 nitrogen and oxygen atoms in total. The maximum Gasteiger partial charge on any atom is 0.253 e. The first-order valence-corrected chi connectivity index (χ1v) is 7.03. The van der Waals surface area contributed by atoms with E-state index in [1.165, 1.54) is 5.56 Å². The minimum Gasteiger partial charge on any atom is -0.395 e. The van der Waals surface area contributed by atoms with E-state index in [0.29, 0.717) is 13.1 Å². The first-order valence-electron chi connectivity index (χ1n) is 7.03. The highest BCUT2D eigenvalue weighted by Crippen LogP contribution is 2.23. The Kier molecular flexibility index (Phi) is 4.80. The largest absolute Gasteiger partial charge is 0.395 e. The number of anilines is 1. The minimum atomic E-state index is 0.0158. The molecule has 2 N–H and O–H groups in total. The van der Waals surface area contributed by atoms with Crippen LogP contribution in [0.4, 0.5) is 5.69 Å². The van der Waals surface area contributed by atoms with Crippen LogP contribution in [0.25, 0.3) is 0 Å². The summed E-state index contributed by atoms with van der Waals surface area (Å²) >= 11 is 0. The van der Waals surface area contributed by atoms with Crippen LogP contribution in [0.1, 0.15) is 35.7 Å². The fourth-order valence-corrected chi connectivity index (χ4v) is 2.41. The van der Waals surface area contributed by atoms with E-state index in [0.717, 1.165) is 37.1 Å². The van der Waals surface area contributed by atoms with Gasteiger partial charge in [0.15, 0.2) is 0 Å². The van der Waals surface area contributed by atoms with Gasteiger partial charge in [0.1, 0.15) is 0 Å². The van der Waals surface area contributed by atoms with Gasteiger partial charge in [-0.2, -0.15) is 0 Å². The van der Waals surface area contributed by atoms with E-state index in [-0.39, 0.29) is 12.5 Å². The highest BCUT2D eigenvalue weighted by Gasteiger charge is 2.17. The summed E-state index contributed by atoms with van der Waals surface area (Å²) in [6.45, 7) is 4.19. The van der Waals surface area contributed by atoms with Crippen LogP contribution < -0.4 is 5.32 Å². The molecule has 0 bridgehead atoms. The van der Waals surface area contributed by atoms with E-state index in [1.54, 1.807) is 4.90 Å². The van der Waals surface area contributed by atoms with E-state index in [9.17, 15) is 4.79 Å². The Labute approximate surface area is 114 Å². The van der Waals surface area contributed by atoms with Gasteiger partial charge in [0.05, 0.1) is 6.61 Å². The van der Waals surface area contributed by atoms with Gasteiger partial charge in [-0.05, 0) is 36.6 Å². The molecule has 0 spiro atoms. The van der Waals surface area contributed by atoms with Gasteiger partial charge in [0.2, 0.25) is 0 Å². The Bertz CT molecular complexity index is 446. The normalized spacial score (nSPS) is 12.9. The number of fused-ring (bicyclic) bond motifs is 1. The second kappa shape index (κ2) is 6.57. The Morgan fingerprint density at radius 2 is 2.26 bits per heavy atom. The van der Waals surface area contributed by atoms with Crippen molar-refractivity contribution in [3.63, 3.8) is 0 Å². The first-order chi connectivity index (χ1) is 9.26. The van der Waals surface area contributed by atoms with Crippen molar-refractivity contribution >= 4 is 11.6 Å². The molecular formula is C15H22N2O2. The molecule has 1 aromatic carbocycles. The standard InChI is InChI=1S/C15H22N2O2/c1-2-3-8-17(9-10-18)15(19)13-4-5-14-12(11-13)6-7-16-14/h4-5,11,16,18H,2-3,6-10H2,1H3. The van der Waals surface area contributed by atoms with Crippen LogP contribution in [0.15, 0.2) is 18.2 Å². The average Bonchev–Trinajstić information content (AvgIpc) is 2.90. The molecule has 0 unspecified atom stereocenters. The summed E-state index contributed by atoms with van der Waals surface area (Å²) in [5, 5.41) is 12.4. The molecule has 0 fully saturated rings. The van der Waals surface area contributed by atoms with E-state index in [4.69, 9.17) is 5.11 Å². The molecule has 0 aromatic heterocycles. The average molecular weight is 262 g/mol. The summed E-state index contributed by atoms with van der Waals surface area (Å²) in [7, 11) is 0. The maximum atomic E-state index is 12.4. The number of hydrogen-bond acceptors (Lipinski definition) is 3. The molecule has 4 heteroatoms. The van der Waals surface area contributed by atoms with Crippen molar-refractivity contribution in [2.24, 2.45) is 0 Å². The predicted octanol–water partition coefficient (Wildman–Crippen LogP) is 1.89. The van der Waals surface area contributed by atoms with Crippen molar-refractivity contribution < 1.29 is 9.90 Å². The fraction of sp³-hybridized carbons (Fsp3) is 0.533. The third kappa shape index (κ3) is 3.26. The topological polar surface area (TPSA) is 52.6 Å². The number of aliphatic hydroxyl groups is 1. The SMILES string of the molecule is CCCCN(CCO)C(=O)c1ccc2c(c1)CCN2. The smallest absolute Gasteiger partial charge is 0.253 e. The Balaban J connectivity index is 2.11. The summed E-state index contributed by atoms with van der Waals surface area (Å²) in [6.07, 6.45) is 2.99. The molecule has 19 heavy (non-hydrogen) atoms. The third-order valence-corrected chi connectivity index (χ3v) is 3.50. The minimum absolute atomic E-state index is 0.0158. The Hall–Kier alpha value is -1.55. The molecule has 1 heterocycles. The number of carbonyl (C=O) groups excluding carboxylic acids is 1. The summed E-state index contributed by atoms with van der Waals surface area (Å²) in [5.41, 5.74) is 3.08. The second-order valence-electron chi connectivity index (χ2n) is 4.92. The zero-order valence-electron chi connectivity index (χ0n) is 11.5. The van der Waals surface area contributed by atoms with Crippen LogP contribution in [0.3, 0.4) is 0 Å². The van der Waals surface area contributed by atoms with E-state index in [2.05, 4.69) is 12.2 Å². The van der Waals surface area contributed by atoms with Crippen molar-refractivity contribution in [1.82, 2.24) is 4.90 Å². The lowest BCUT2D eigenvalue weighted by Gasteiger charge is -2.21. The van der Waals surface area contributed by atoms with Crippen LogP contribution in [-0.4, -0.2) is 42.2 Å². The lowest BCUT2D eigenvalue weighted by molar-refractivity contribution is 0.0719. The Morgan fingerprint density at radius 3 is 3.00 bits per heavy atom. The van der Waals surface area contributed by atoms with Crippen molar-refractivity contribution in [1.29, 1.82) is 0 Å². The molecule has 104 valence electrons. The number of nitrogens with one attached hydrogen (secondary N) is 1. The quantitative estimate of drug-likeness (QED) is 0.823.